The van der Waals surface area contributed by atoms with E-state index in [4.69, 9.17) is 33.7 Å². The van der Waals surface area contributed by atoms with Crippen molar-refractivity contribution in [2.24, 2.45) is 0 Å². The second-order valence-electron chi connectivity index (χ2n) is 2.94. The van der Waals surface area contributed by atoms with Gasteiger partial charge in [-0.1, -0.05) is 23.2 Å². The van der Waals surface area contributed by atoms with Gasteiger partial charge in [0.2, 0.25) is 0 Å². The number of carbonyl (C=O) groups is 1. The van der Waals surface area contributed by atoms with Crippen molar-refractivity contribution in [3.63, 3.8) is 0 Å². The number of benzene rings is 1. The van der Waals surface area contributed by atoms with E-state index in [-0.39, 0.29) is 12.4 Å². The van der Waals surface area contributed by atoms with Crippen molar-refractivity contribution in [1.29, 1.82) is 0 Å². The fourth-order valence-electron chi connectivity index (χ4n) is 1.15. The van der Waals surface area contributed by atoms with Gasteiger partial charge in [0, 0.05) is 5.02 Å². The van der Waals surface area contributed by atoms with Gasteiger partial charge in [0.1, 0.15) is 0 Å². The van der Waals surface area contributed by atoms with Crippen LogP contribution >= 0.6 is 23.2 Å². The average Bonchev–Trinajstić information content (AvgIpc) is 2.13. The molecule has 3 nitrogen and oxygen atoms in total. The van der Waals surface area contributed by atoms with Crippen LogP contribution in [-0.2, 0) is 16.0 Å². The molecule has 0 aliphatic rings. The summed E-state index contributed by atoms with van der Waals surface area (Å²) < 4.78 is 4.80. The van der Waals surface area contributed by atoms with Crippen LogP contribution < -0.4 is 5.73 Å². The average molecular weight is 248 g/mol. The highest BCUT2D eigenvalue weighted by Crippen LogP contribution is 2.27. The molecular weight excluding hydrogens is 237 g/mol. The third kappa shape index (κ3) is 3.29. The van der Waals surface area contributed by atoms with E-state index in [1.54, 1.807) is 13.0 Å². The van der Waals surface area contributed by atoms with Crippen LogP contribution in [0, 0.1) is 0 Å². The third-order valence-corrected chi connectivity index (χ3v) is 2.35. The Morgan fingerprint density at radius 1 is 1.47 bits per heavy atom. The van der Waals surface area contributed by atoms with Crippen LogP contribution in [0.3, 0.4) is 0 Å². The molecule has 0 heterocycles. The van der Waals surface area contributed by atoms with Gasteiger partial charge in [-0.3, -0.25) is 4.79 Å². The third-order valence-electron chi connectivity index (χ3n) is 1.82. The van der Waals surface area contributed by atoms with Gasteiger partial charge in [-0.25, -0.2) is 0 Å². The topological polar surface area (TPSA) is 52.3 Å². The molecule has 0 aliphatic carbocycles. The molecule has 0 radical (unpaired) electrons. The minimum Gasteiger partial charge on any atom is -0.466 e. The SMILES string of the molecule is CCOC(=O)Cc1cc(Cl)cc(Cl)c1N. The van der Waals surface area contributed by atoms with Gasteiger partial charge in [-0.2, -0.15) is 0 Å². The van der Waals surface area contributed by atoms with E-state index in [2.05, 4.69) is 0 Å². The Labute approximate surface area is 98.1 Å². The summed E-state index contributed by atoms with van der Waals surface area (Å²) in [7, 11) is 0. The van der Waals surface area contributed by atoms with Crippen molar-refractivity contribution in [2.45, 2.75) is 13.3 Å². The first-order valence-electron chi connectivity index (χ1n) is 4.43. The maximum atomic E-state index is 11.2. The maximum Gasteiger partial charge on any atom is 0.310 e. The standard InChI is InChI=1S/C10H11Cl2NO2/c1-2-15-9(14)4-6-3-7(11)5-8(12)10(6)13/h3,5H,2,4,13H2,1H3. The van der Waals surface area contributed by atoms with E-state index >= 15 is 0 Å². The van der Waals surface area contributed by atoms with Crippen LogP contribution in [0.5, 0.6) is 0 Å². The normalized spacial score (nSPS) is 10.1. The summed E-state index contributed by atoms with van der Waals surface area (Å²) >= 11 is 11.6. The Balaban J connectivity index is 2.89. The lowest BCUT2D eigenvalue weighted by Crippen LogP contribution is -2.09. The molecule has 5 heteroatoms. The molecule has 0 spiro atoms. The molecule has 82 valence electrons. The van der Waals surface area contributed by atoms with E-state index in [0.717, 1.165) is 0 Å². The lowest BCUT2D eigenvalue weighted by molar-refractivity contribution is -0.142. The zero-order valence-corrected chi connectivity index (χ0v) is 9.73. The van der Waals surface area contributed by atoms with Gasteiger partial charge < -0.3 is 10.5 Å². The molecule has 0 unspecified atom stereocenters. The minimum absolute atomic E-state index is 0.0833. The van der Waals surface area contributed by atoms with Crippen molar-refractivity contribution in [2.75, 3.05) is 12.3 Å². The van der Waals surface area contributed by atoms with Gasteiger partial charge >= 0.3 is 5.97 Å². The number of nitrogens with two attached hydrogens (primary N) is 1. The number of hydrogen-bond donors (Lipinski definition) is 1. The number of halogens is 2. The molecule has 0 bridgehead atoms. The first-order chi connectivity index (χ1) is 7.04. The lowest BCUT2D eigenvalue weighted by Gasteiger charge is -2.07. The molecule has 1 aromatic carbocycles. The fraction of sp³-hybridized carbons (Fsp3) is 0.300. The fourth-order valence-corrected chi connectivity index (χ4v) is 1.69. The number of rotatable bonds is 3. The molecule has 0 aliphatic heterocycles. The summed E-state index contributed by atoms with van der Waals surface area (Å²) in [6.07, 6.45) is 0.0833. The molecule has 0 saturated carbocycles. The molecular formula is C10H11Cl2NO2. The summed E-state index contributed by atoms with van der Waals surface area (Å²) in [6.45, 7) is 2.08. The highest BCUT2D eigenvalue weighted by molar-refractivity contribution is 6.36. The minimum atomic E-state index is -0.345. The summed E-state index contributed by atoms with van der Waals surface area (Å²) in [4.78, 5) is 11.2. The first-order valence-corrected chi connectivity index (χ1v) is 5.19. The number of nitrogen functional groups attached to an aromatic ring is 1. The Kier molecular flexibility index (Phi) is 4.24. The van der Waals surface area contributed by atoms with Gasteiger partial charge in [0.25, 0.3) is 0 Å². The van der Waals surface area contributed by atoms with Crippen LogP contribution in [0.1, 0.15) is 12.5 Å². The van der Waals surface area contributed by atoms with Crippen molar-refractivity contribution >= 4 is 34.9 Å². The van der Waals surface area contributed by atoms with Crippen LogP contribution in [0.25, 0.3) is 0 Å². The van der Waals surface area contributed by atoms with E-state index in [1.807, 2.05) is 0 Å². The van der Waals surface area contributed by atoms with E-state index in [9.17, 15) is 4.79 Å². The molecule has 1 rings (SSSR count). The van der Waals surface area contributed by atoms with Crippen molar-refractivity contribution < 1.29 is 9.53 Å². The zero-order valence-electron chi connectivity index (χ0n) is 8.22. The van der Waals surface area contributed by atoms with Crippen molar-refractivity contribution in [3.05, 3.63) is 27.7 Å². The molecule has 0 fully saturated rings. The van der Waals surface area contributed by atoms with E-state index < -0.39 is 0 Å². The highest BCUT2D eigenvalue weighted by atomic mass is 35.5. The largest absolute Gasteiger partial charge is 0.466 e. The second kappa shape index (κ2) is 5.24. The Bertz CT molecular complexity index is 380. The number of esters is 1. The van der Waals surface area contributed by atoms with Crippen LogP contribution in [0.4, 0.5) is 5.69 Å². The maximum absolute atomic E-state index is 11.2. The van der Waals surface area contributed by atoms with Gasteiger partial charge in [-0.05, 0) is 24.6 Å². The number of ether oxygens (including phenoxy) is 1. The predicted molar refractivity (Wildman–Crippen MR) is 61.2 cm³/mol. The van der Waals surface area contributed by atoms with Gasteiger partial charge in [0.15, 0.2) is 0 Å². The Morgan fingerprint density at radius 3 is 2.73 bits per heavy atom. The second-order valence-corrected chi connectivity index (χ2v) is 3.79. The lowest BCUT2D eigenvalue weighted by atomic mass is 10.1. The summed E-state index contributed by atoms with van der Waals surface area (Å²) in [5.74, 6) is -0.345. The highest BCUT2D eigenvalue weighted by Gasteiger charge is 2.10. The summed E-state index contributed by atoms with van der Waals surface area (Å²) in [6, 6.07) is 3.15. The molecule has 1 aromatic rings. The van der Waals surface area contributed by atoms with Gasteiger partial charge in [-0.15, -0.1) is 0 Å². The van der Waals surface area contributed by atoms with E-state index in [0.29, 0.717) is 27.9 Å². The van der Waals surface area contributed by atoms with E-state index in [1.165, 1.54) is 6.07 Å². The number of hydrogen-bond acceptors (Lipinski definition) is 3. The Morgan fingerprint density at radius 2 is 2.13 bits per heavy atom. The Hall–Kier alpha value is -0.930. The number of carbonyl (C=O) groups excluding carboxylic acids is 1. The number of anilines is 1. The van der Waals surface area contributed by atoms with Crippen molar-refractivity contribution in [3.8, 4) is 0 Å². The van der Waals surface area contributed by atoms with Crippen molar-refractivity contribution in [1.82, 2.24) is 0 Å². The summed E-state index contributed by atoms with van der Waals surface area (Å²) in [5.41, 5.74) is 6.66. The molecule has 0 saturated heterocycles. The summed E-state index contributed by atoms with van der Waals surface area (Å²) in [5, 5.41) is 0.801. The molecule has 2 N–H and O–H groups in total. The first kappa shape index (κ1) is 12.1. The predicted octanol–water partition coefficient (Wildman–Crippen LogP) is 2.68. The quantitative estimate of drug-likeness (QED) is 0.660. The van der Waals surface area contributed by atoms with Crippen LogP contribution in [0.2, 0.25) is 10.0 Å². The smallest absolute Gasteiger partial charge is 0.310 e. The van der Waals surface area contributed by atoms with Crippen LogP contribution in [0.15, 0.2) is 12.1 Å². The molecule has 15 heavy (non-hydrogen) atoms. The van der Waals surface area contributed by atoms with Crippen LogP contribution in [-0.4, -0.2) is 12.6 Å². The zero-order chi connectivity index (χ0) is 11.4. The van der Waals surface area contributed by atoms with Gasteiger partial charge in [0.05, 0.1) is 23.7 Å². The molecule has 0 atom stereocenters. The molecule has 0 aromatic heterocycles. The molecule has 0 amide bonds. The monoisotopic (exact) mass is 247 g/mol.